The Kier molecular flexibility index (Phi) is 1.16. The van der Waals surface area contributed by atoms with Crippen molar-refractivity contribution < 1.29 is 9.53 Å². The third-order valence-electron chi connectivity index (χ3n) is 3.40. The van der Waals surface area contributed by atoms with E-state index in [-0.39, 0.29) is 17.5 Å². The zero-order chi connectivity index (χ0) is 8.22. The zero-order valence-electron chi connectivity index (χ0n) is 7.26. The van der Waals surface area contributed by atoms with Crippen molar-refractivity contribution in [3.63, 3.8) is 0 Å². The largest absolute Gasteiger partial charge is 0.458 e. The van der Waals surface area contributed by atoms with Gasteiger partial charge in [0.25, 0.3) is 0 Å². The maximum Gasteiger partial charge on any atom is 0.313 e. The molecule has 0 radical (unpaired) electrons. The summed E-state index contributed by atoms with van der Waals surface area (Å²) in [5, 5.41) is 0. The molecule has 0 amide bonds. The van der Waals surface area contributed by atoms with E-state index < -0.39 is 0 Å². The Hall–Kier alpha value is -0.530. The van der Waals surface area contributed by atoms with Gasteiger partial charge in [0.05, 0.1) is 5.92 Å². The predicted molar refractivity (Wildman–Crippen MR) is 40.9 cm³/mol. The van der Waals surface area contributed by atoms with Crippen molar-refractivity contribution in [1.82, 2.24) is 0 Å². The fraction of sp³-hybridized carbons (Fsp3) is 0.889. The Labute approximate surface area is 66.9 Å². The van der Waals surface area contributed by atoms with Crippen LogP contribution in [0.25, 0.3) is 0 Å². The molecule has 2 fully saturated rings. The zero-order valence-corrected chi connectivity index (χ0v) is 7.26. The van der Waals surface area contributed by atoms with E-state index in [9.17, 15) is 4.79 Å². The second kappa shape index (κ2) is 1.79. The van der Waals surface area contributed by atoms with E-state index in [1.54, 1.807) is 0 Å². The smallest absolute Gasteiger partial charge is 0.313 e. The van der Waals surface area contributed by atoms with Crippen molar-refractivity contribution in [2.45, 2.75) is 32.8 Å². The average molecular weight is 154 g/mol. The molecule has 2 nitrogen and oxygen atoms in total. The van der Waals surface area contributed by atoms with Gasteiger partial charge in [-0.25, -0.2) is 0 Å². The van der Waals surface area contributed by atoms with E-state index >= 15 is 0 Å². The summed E-state index contributed by atoms with van der Waals surface area (Å²) in [6, 6.07) is 0. The van der Waals surface area contributed by atoms with Gasteiger partial charge in [-0.15, -0.1) is 0 Å². The number of carbonyl (C=O) groups is 1. The van der Waals surface area contributed by atoms with Crippen LogP contribution in [0, 0.1) is 17.8 Å². The van der Waals surface area contributed by atoms with Crippen LogP contribution in [0.4, 0.5) is 0 Å². The van der Waals surface area contributed by atoms with Gasteiger partial charge in [0.2, 0.25) is 0 Å². The predicted octanol–water partition coefficient (Wildman–Crippen LogP) is 1.59. The number of esters is 1. The molecular weight excluding hydrogens is 140 g/mol. The van der Waals surface area contributed by atoms with E-state index in [0.717, 1.165) is 6.42 Å². The Balaban J connectivity index is 2.25. The van der Waals surface area contributed by atoms with Crippen molar-refractivity contribution in [1.29, 1.82) is 0 Å². The molecule has 1 saturated carbocycles. The molecule has 1 aliphatic carbocycles. The Bertz CT molecular complexity index is 212. The summed E-state index contributed by atoms with van der Waals surface area (Å²) in [7, 11) is 0. The number of carbonyl (C=O) groups excluding carboxylic acids is 1. The Morgan fingerprint density at radius 2 is 2.18 bits per heavy atom. The van der Waals surface area contributed by atoms with Crippen LogP contribution in [0.1, 0.15) is 27.2 Å². The number of ether oxygens (including phenoxy) is 1. The SMILES string of the molecule is C[C@H]1[C@H](C)C[C@]2(C)OC(=O)[C@H]12. The molecular formula is C9H14O2. The van der Waals surface area contributed by atoms with Gasteiger partial charge in [-0.1, -0.05) is 13.8 Å². The molecule has 0 aromatic heterocycles. The summed E-state index contributed by atoms with van der Waals surface area (Å²) in [4.78, 5) is 11.1. The highest BCUT2D eigenvalue weighted by Gasteiger charge is 2.61. The van der Waals surface area contributed by atoms with Crippen molar-refractivity contribution in [3.8, 4) is 0 Å². The first-order valence-corrected chi connectivity index (χ1v) is 4.27. The minimum Gasteiger partial charge on any atom is -0.458 e. The van der Waals surface area contributed by atoms with Gasteiger partial charge in [0, 0.05) is 0 Å². The van der Waals surface area contributed by atoms with Crippen molar-refractivity contribution in [2.24, 2.45) is 17.8 Å². The maximum absolute atomic E-state index is 11.1. The van der Waals surface area contributed by atoms with Gasteiger partial charge in [-0.2, -0.15) is 0 Å². The lowest BCUT2D eigenvalue weighted by atomic mass is 9.82. The molecule has 0 aromatic carbocycles. The first-order valence-electron chi connectivity index (χ1n) is 4.27. The van der Waals surface area contributed by atoms with Crippen LogP contribution < -0.4 is 0 Å². The highest BCUT2D eigenvalue weighted by molar-refractivity contribution is 5.81. The number of hydrogen-bond acceptors (Lipinski definition) is 2. The second-order valence-electron chi connectivity index (χ2n) is 4.25. The van der Waals surface area contributed by atoms with Crippen LogP contribution >= 0.6 is 0 Å². The topological polar surface area (TPSA) is 26.3 Å². The summed E-state index contributed by atoms with van der Waals surface area (Å²) >= 11 is 0. The molecule has 4 atom stereocenters. The van der Waals surface area contributed by atoms with Crippen LogP contribution in [0.15, 0.2) is 0 Å². The average Bonchev–Trinajstić information content (AvgIpc) is 2.00. The lowest BCUT2D eigenvalue weighted by molar-refractivity contribution is -0.205. The molecule has 1 heterocycles. The van der Waals surface area contributed by atoms with Crippen LogP contribution in [0.5, 0.6) is 0 Å². The highest BCUT2D eigenvalue weighted by atomic mass is 16.6. The fourth-order valence-electron chi connectivity index (χ4n) is 2.64. The highest BCUT2D eigenvalue weighted by Crippen LogP contribution is 2.52. The molecule has 2 aliphatic rings. The molecule has 0 unspecified atom stereocenters. The van der Waals surface area contributed by atoms with Gasteiger partial charge < -0.3 is 4.74 Å². The van der Waals surface area contributed by atoms with Gasteiger partial charge in [0.1, 0.15) is 5.60 Å². The summed E-state index contributed by atoms with van der Waals surface area (Å²) < 4.78 is 5.15. The van der Waals surface area contributed by atoms with E-state index in [1.807, 2.05) is 0 Å². The van der Waals surface area contributed by atoms with Crippen LogP contribution in [0.2, 0.25) is 0 Å². The quantitative estimate of drug-likeness (QED) is 0.495. The van der Waals surface area contributed by atoms with Crippen molar-refractivity contribution in [3.05, 3.63) is 0 Å². The maximum atomic E-state index is 11.1. The first kappa shape index (κ1) is 7.14. The third kappa shape index (κ3) is 0.700. The van der Waals surface area contributed by atoms with Crippen LogP contribution in [-0.4, -0.2) is 11.6 Å². The number of fused-ring (bicyclic) bond motifs is 1. The lowest BCUT2D eigenvalue weighted by Crippen LogP contribution is -2.53. The van der Waals surface area contributed by atoms with Crippen LogP contribution in [0.3, 0.4) is 0 Å². The molecule has 0 bridgehead atoms. The Morgan fingerprint density at radius 3 is 2.55 bits per heavy atom. The summed E-state index contributed by atoms with van der Waals surface area (Å²) in [5.74, 6) is 1.36. The van der Waals surface area contributed by atoms with E-state index in [4.69, 9.17) is 4.74 Å². The lowest BCUT2D eigenvalue weighted by Gasteiger charge is -2.41. The van der Waals surface area contributed by atoms with Crippen molar-refractivity contribution in [2.75, 3.05) is 0 Å². The molecule has 0 N–H and O–H groups in total. The standard InChI is InChI=1S/C9H14O2/c1-5-4-9(3)7(6(5)2)8(10)11-9/h5-7H,4H2,1-3H3/t5-,6+,7+,9+/m1/s1. The van der Waals surface area contributed by atoms with E-state index in [1.165, 1.54) is 0 Å². The van der Waals surface area contributed by atoms with E-state index in [2.05, 4.69) is 20.8 Å². The third-order valence-corrected chi connectivity index (χ3v) is 3.40. The van der Waals surface area contributed by atoms with Gasteiger partial charge >= 0.3 is 5.97 Å². The molecule has 1 aliphatic heterocycles. The molecule has 2 heteroatoms. The minimum atomic E-state index is -0.101. The first-order chi connectivity index (χ1) is 5.04. The van der Waals surface area contributed by atoms with Gasteiger partial charge in [-0.05, 0) is 25.2 Å². The van der Waals surface area contributed by atoms with Gasteiger partial charge in [-0.3, -0.25) is 4.79 Å². The number of hydrogen-bond donors (Lipinski definition) is 0. The second-order valence-corrected chi connectivity index (χ2v) is 4.25. The minimum absolute atomic E-state index is 0.0179. The molecule has 1 saturated heterocycles. The fourth-order valence-corrected chi connectivity index (χ4v) is 2.64. The van der Waals surface area contributed by atoms with Crippen LogP contribution in [-0.2, 0) is 9.53 Å². The molecule has 0 spiro atoms. The normalized spacial score (nSPS) is 54.8. The summed E-state index contributed by atoms with van der Waals surface area (Å²) in [5.41, 5.74) is -0.101. The molecule has 62 valence electrons. The van der Waals surface area contributed by atoms with E-state index in [0.29, 0.717) is 11.8 Å². The number of rotatable bonds is 0. The monoisotopic (exact) mass is 154 g/mol. The molecule has 0 aromatic rings. The Morgan fingerprint density at radius 1 is 1.55 bits per heavy atom. The summed E-state index contributed by atoms with van der Waals surface area (Å²) in [6.07, 6.45) is 1.05. The molecule has 2 rings (SSSR count). The van der Waals surface area contributed by atoms with Gasteiger partial charge in [0.15, 0.2) is 0 Å². The summed E-state index contributed by atoms with van der Waals surface area (Å²) in [6.45, 7) is 6.41. The van der Waals surface area contributed by atoms with Crippen molar-refractivity contribution >= 4 is 5.97 Å². The molecule has 11 heavy (non-hydrogen) atoms.